The molecule has 0 saturated heterocycles. The van der Waals surface area contributed by atoms with Crippen molar-refractivity contribution in [2.45, 2.75) is 46.6 Å². The fourth-order valence-corrected chi connectivity index (χ4v) is 4.21. The predicted octanol–water partition coefficient (Wildman–Crippen LogP) is 7.65. The van der Waals surface area contributed by atoms with Gasteiger partial charge in [-0.3, -0.25) is 4.79 Å². The molecule has 0 aliphatic carbocycles. The van der Waals surface area contributed by atoms with Crippen molar-refractivity contribution >= 4 is 28.5 Å². The molecule has 1 heterocycles. The molecule has 6 heteroatoms. The Bertz CT molecular complexity index is 1320. The van der Waals surface area contributed by atoms with Crippen LogP contribution in [0.1, 0.15) is 41.4 Å². The molecule has 0 amide bonds. The van der Waals surface area contributed by atoms with Gasteiger partial charge in [0.15, 0.2) is 5.75 Å². The van der Waals surface area contributed by atoms with Gasteiger partial charge < -0.3 is 19.0 Å². The molecule has 0 fully saturated rings. The molecule has 3 aromatic carbocycles. The minimum atomic E-state index is -0.807. The van der Waals surface area contributed by atoms with E-state index in [1.807, 2.05) is 75.4 Å². The number of carbonyl (C=O) groups is 1. The molecule has 0 unspecified atom stereocenters. The SMILES string of the molecule is CCc1cc2cc(Cl)c(Oc3ccccc3)c(COc3ccc(CCC(=O)O)c(C)c3C)c2o1. The van der Waals surface area contributed by atoms with Gasteiger partial charge in [0.1, 0.15) is 29.4 Å². The minimum absolute atomic E-state index is 0.0966. The number of hydrogen-bond donors (Lipinski definition) is 1. The van der Waals surface area contributed by atoms with E-state index in [9.17, 15) is 4.79 Å². The lowest BCUT2D eigenvalue weighted by atomic mass is 9.99. The van der Waals surface area contributed by atoms with E-state index in [4.69, 9.17) is 30.6 Å². The summed E-state index contributed by atoms with van der Waals surface area (Å²) >= 11 is 6.66. The maximum atomic E-state index is 11.0. The van der Waals surface area contributed by atoms with Crippen molar-refractivity contribution in [1.29, 1.82) is 0 Å². The van der Waals surface area contributed by atoms with Gasteiger partial charge in [-0.1, -0.05) is 42.8 Å². The normalized spacial score (nSPS) is 11.1. The first kappa shape index (κ1) is 23.7. The number of halogens is 1. The highest BCUT2D eigenvalue weighted by atomic mass is 35.5. The summed E-state index contributed by atoms with van der Waals surface area (Å²) in [6.07, 6.45) is 1.34. The molecule has 0 bridgehead atoms. The molecule has 5 nitrogen and oxygen atoms in total. The maximum Gasteiger partial charge on any atom is 0.303 e. The second-order valence-electron chi connectivity index (χ2n) is 8.22. The van der Waals surface area contributed by atoms with Gasteiger partial charge in [-0.05, 0) is 67.3 Å². The third-order valence-electron chi connectivity index (χ3n) is 6.00. The Morgan fingerprint density at radius 1 is 1.06 bits per heavy atom. The largest absolute Gasteiger partial charge is 0.488 e. The van der Waals surface area contributed by atoms with E-state index >= 15 is 0 Å². The summed E-state index contributed by atoms with van der Waals surface area (Å²) < 4.78 is 18.6. The van der Waals surface area contributed by atoms with Crippen molar-refractivity contribution in [2.24, 2.45) is 0 Å². The van der Waals surface area contributed by atoms with Crippen LogP contribution >= 0.6 is 11.6 Å². The summed E-state index contributed by atoms with van der Waals surface area (Å²) in [7, 11) is 0. The summed E-state index contributed by atoms with van der Waals surface area (Å²) in [5.41, 5.74) is 4.43. The van der Waals surface area contributed by atoms with Crippen LogP contribution in [0.2, 0.25) is 5.02 Å². The van der Waals surface area contributed by atoms with Gasteiger partial charge >= 0.3 is 5.97 Å². The van der Waals surface area contributed by atoms with Crippen LogP contribution in [0, 0.1) is 13.8 Å². The first-order valence-electron chi connectivity index (χ1n) is 11.3. The number of rotatable bonds is 9. The summed E-state index contributed by atoms with van der Waals surface area (Å²) in [5.74, 6) is 1.95. The number of benzene rings is 3. The smallest absolute Gasteiger partial charge is 0.303 e. The zero-order valence-corrected chi connectivity index (χ0v) is 20.2. The number of carboxylic acid groups (broad SMARTS) is 1. The Hall–Kier alpha value is -3.44. The lowest BCUT2D eigenvalue weighted by molar-refractivity contribution is -0.136. The van der Waals surface area contributed by atoms with Gasteiger partial charge in [-0.15, -0.1) is 0 Å². The summed E-state index contributed by atoms with van der Waals surface area (Å²) in [6, 6.07) is 17.1. The Balaban J connectivity index is 1.69. The quantitative estimate of drug-likeness (QED) is 0.267. The number of aliphatic carboxylic acids is 1. The number of hydrogen-bond acceptors (Lipinski definition) is 4. The third kappa shape index (κ3) is 5.05. The second-order valence-corrected chi connectivity index (χ2v) is 8.63. The third-order valence-corrected chi connectivity index (χ3v) is 6.28. The van der Waals surface area contributed by atoms with Crippen LogP contribution in [0.3, 0.4) is 0 Å². The molecule has 34 heavy (non-hydrogen) atoms. The van der Waals surface area contributed by atoms with Crippen molar-refractivity contribution in [3.63, 3.8) is 0 Å². The van der Waals surface area contributed by atoms with Gasteiger partial charge in [0.05, 0.1) is 10.6 Å². The Morgan fingerprint density at radius 3 is 2.53 bits per heavy atom. The van der Waals surface area contributed by atoms with Gasteiger partial charge in [0, 0.05) is 18.2 Å². The van der Waals surface area contributed by atoms with Gasteiger partial charge in [-0.2, -0.15) is 0 Å². The van der Waals surface area contributed by atoms with E-state index in [1.54, 1.807) is 0 Å². The van der Waals surface area contributed by atoms with E-state index < -0.39 is 5.97 Å². The van der Waals surface area contributed by atoms with Crippen LogP contribution in [-0.2, 0) is 24.2 Å². The summed E-state index contributed by atoms with van der Waals surface area (Å²) in [6.45, 7) is 6.20. The predicted molar refractivity (Wildman–Crippen MR) is 133 cm³/mol. The monoisotopic (exact) mass is 478 g/mol. The molecule has 0 saturated carbocycles. The first-order valence-corrected chi connectivity index (χ1v) is 11.7. The fourth-order valence-electron chi connectivity index (χ4n) is 3.94. The topological polar surface area (TPSA) is 68.9 Å². The highest BCUT2D eigenvalue weighted by Gasteiger charge is 2.20. The number of fused-ring (bicyclic) bond motifs is 1. The summed E-state index contributed by atoms with van der Waals surface area (Å²) in [5, 5.41) is 10.4. The Labute approximate surface area is 203 Å². The number of carboxylic acids is 1. The van der Waals surface area contributed by atoms with Gasteiger partial charge in [0.25, 0.3) is 0 Å². The molecule has 0 atom stereocenters. The second kappa shape index (κ2) is 10.2. The molecule has 0 radical (unpaired) electrons. The molecule has 0 aliphatic heterocycles. The van der Waals surface area contributed by atoms with Crippen LogP contribution in [-0.4, -0.2) is 11.1 Å². The molecular weight excluding hydrogens is 452 g/mol. The van der Waals surface area contributed by atoms with Crippen LogP contribution in [0.5, 0.6) is 17.2 Å². The average Bonchev–Trinajstić information content (AvgIpc) is 3.24. The molecular formula is C28H27ClO5. The Morgan fingerprint density at radius 2 is 1.82 bits per heavy atom. The molecule has 4 aromatic rings. The van der Waals surface area contributed by atoms with E-state index in [0.29, 0.717) is 28.5 Å². The van der Waals surface area contributed by atoms with E-state index in [1.165, 1.54) is 0 Å². The van der Waals surface area contributed by atoms with Crippen molar-refractivity contribution in [3.05, 3.63) is 87.6 Å². The number of aryl methyl sites for hydroxylation is 2. The molecule has 176 valence electrons. The van der Waals surface area contributed by atoms with Crippen molar-refractivity contribution < 1.29 is 23.8 Å². The van der Waals surface area contributed by atoms with Crippen molar-refractivity contribution in [3.8, 4) is 17.2 Å². The fraction of sp³-hybridized carbons (Fsp3) is 0.250. The molecule has 0 aliphatic rings. The zero-order valence-electron chi connectivity index (χ0n) is 19.5. The molecule has 1 aromatic heterocycles. The zero-order chi connectivity index (χ0) is 24.2. The Kier molecular flexibility index (Phi) is 7.13. The molecule has 0 spiro atoms. The van der Waals surface area contributed by atoms with E-state index in [-0.39, 0.29) is 13.0 Å². The number of ether oxygens (including phenoxy) is 2. The standard InChI is InChI=1S/C28H27ClO5/c1-4-21-14-20-15-24(29)28(34-22-8-6-5-7-9-22)23(27(20)33-21)16-32-25-12-10-19(11-13-26(30)31)17(2)18(25)3/h5-10,12,14-15H,4,11,13,16H2,1-3H3,(H,30,31). The van der Waals surface area contributed by atoms with Crippen LogP contribution in [0.25, 0.3) is 11.0 Å². The van der Waals surface area contributed by atoms with Gasteiger partial charge in [-0.25, -0.2) is 0 Å². The van der Waals surface area contributed by atoms with E-state index in [2.05, 4.69) is 0 Å². The summed E-state index contributed by atoms with van der Waals surface area (Å²) in [4.78, 5) is 11.0. The van der Waals surface area contributed by atoms with Crippen LogP contribution in [0.4, 0.5) is 0 Å². The maximum absolute atomic E-state index is 11.0. The average molecular weight is 479 g/mol. The van der Waals surface area contributed by atoms with Crippen molar-refractivity contribution in [1.82, 2.24) is 0 Å². The van der Waals surface area contributed by atoms with Gasteiger partial charge in [0.2, 0.25) is 0 Å². The van der Waals surface area contributed by atoms with E-state index in [0.717, 1.165) is 45.6 Å². The van der Waals surface area contributed by atoms with Crippen LogP contribution in [0.15, 0.2) is 59.0 Å². The lowest BCUT2D eigenvalue weighted by Crippen LogP contribution is -2.04. The highest BCUT2D eigenvalue weighted by Crippen LogP contribution is 2.40. The lowest BCUT2D eigenvalue weighted by Gasteiger charge is -2.17. The van der Waals surface area contributed by atoms with Crippen molar-refractivity contribution in [2.75, 3.05) is 0 Å². The highest BCUT2D eigenvalue weighted by molar-refractivity contribution is 6.33. The van der Waals surface area contributed by atoms with Crippen LogP contribution < -0.4 is 9.47 Å². The number of para-hydroxylation sites is 1. The first-order chi connectivity index (χ1) is 16.4. The minimum Gasteiger partial charge on any atom is -0.488 e. The molecule has 4 rings (SSSR count). The molecule has 1 N–H and O–H groups in total. The number of furan rings is 1.